The van der Waals surface area contributed by atoms with Crippen LogP contribution in [0.3, 0.4) is 0 Å². The minimum absolute atomic E-state index is 0.313. The predicted molar refractivity (Wildman–Crippen MR) is 58.8 cm³/mol. The molecule has 0 aliphatic rings. The van der Waals surface area contributed by atoms with Gasteiger partial charge in [-0.1, -0.05) is 11.6 Å². The molecule has 0 saturated carbocycles. The number of halogens is 2. The topological polar surface area (TPSA) is 43.6 Å². The molecule has 0 radical (unpaired) electrons. The normalized spacial score (nSPS) is 10.6. The Bertz CT molecular complexity index is 481. The zero-order valence-corrected chi connectivity index (χ0v) is 9.50. The van der Waals surface area contributed by atoms with Crippen molar-refractivity contribution in [3.63, 3.8) is 0 Å². The molecule has 0 N–H and O–H groups in total. The van der Waals surface area contributed by atoms with Crippen LogP contribution < -0.4 is 0 Å². The molecule has 2 rings (SSSR count). The first-order valence-electron chi connectivity index (χ1n) is 4.27. The highest BCUT2D eigenvalue weighted by Crippen LogP contribution is 2.17. The molecule has 2 aromatic rings. The van der Waals surface area contributed by atoms with Crippen molar-refractivity contribution >= 4 is 23.2 Å². The summed E-state index contributed by atoms with van der Waals surface area (Å²) in [5.41, 5.74) is 1.51. The summed E-state index contributed by atoms with van der Waals surface area (Å²) < 4.78 is 1.82. The van der Waals surface area contributed by atoms with E-state index in [0.717, 1.165) is 5.69 Å². The quantitative estimate of drug-likeness (QED) is 0.600. The minimum Gasteiger partial charge on any atom is -0.331 e. The average molecular weight is 243 g/mol. The van der Waals surface area contributed by atoms with E-state index in [1.807, 2.05) is 11.6 Å². The van der Waals surface area contributed by atoms with Gasteiger partial charge in [0.05, 0.1) is 24.1 Å². The first-order valence-corrected chi connectivity index (χ1v) is 5.18. The van der Waals surface area contributed by atoms with Gasteiger partial charge in [0.25, 0.3) is 0 Å². The number of nitrogens with zero attached hydrogens (tertiary/aromatic N) is 4. The monoisotopic (exact) mass is 242 g/mol. The van der Waals surface area contributed by atoms with E-state index in [4.69, 9.17) is 23.2 Å². The second kappa shape index (κ2) is 4.16. The van der Waals surface area contributed by atoms with E-state index >= 15 is 0 Å². The summed E-state index contributed by atoms with van der Waals surface area (Å²) in [7, 11) is 1.87. The maximum Gasteiger partial charge on any atom is 0.179 e. The molecule has 0 aliphatic heterocycles. The summed E-state index contributed by atoms with van der Waals surface area (Å²) in [5.74, 6) is 0.853. The third-order valence-corrected chi connectivity index (χ3v) is 2.40. The van der Waals surface area contributed by atoms with Crippen molar-refractivity contribution in [1.82, 2.24) is 19.5 Å². The molecule has 0 unspecified atom stereocenters. The van der Waals surface area contributed by atoms with Crippen LogP contribution in [0.15, 0.2) is 18.6 Å². The van der Waals surface area contributed by atoms with Gasteiger partial charge in [-0.3, -0.25) is 0 Å². The van der Waals surface area contributed by atoms with E-state index in [9.17, 15) is 0 Å². The van der Waals surface area contributed by atoms with Crippen molar-refractivity contribution in [1.29, 1.82) is 0 Å². The van der Waals surface area contributed by atoms with Crippen molar-refractivity contribution in [3.8, 4) is 11.5 Å². The lowest BCUT2D eigenvalue weighted by Crippen LogP contribution is -1.98. The fourth-order valence-corrected chi connectivity index (χ4v) is 1.56. The zero-order chi connectivity index (χ0) is 10.8. The molecular formula is C9H8Cl2N4. The first-order chi connectivity index (χ1) is 7.20. The van der Waals surface area contributed by atoms with Crippen molar-refractivity contribution in [2.24, 2.45) is 7.05 Å². The highest BCUT2D eigenvalue weighted by Gasteiger charge is 2.08. The Kier molecular flexibility index (Phi) is 2.88. The molecule has 2 heterocycles. The van der Waals surface area contributed by atoms with Gasteiger partial charge in [-0.2, -0.15) is 0 Å². The number of imidazole rings is 1. The van der Waals surface area contributed by atoms with Crippen molar-refractivity contribution < 1.29 is 0 Å². The molecule has 78 valence electrons. The van der Waals surface area contributed by atoms with E-state index in [2.05, 4.69) is 15.0 Å². The van der Waals surface area contributed by atoms with Crippen LogP contribution in [0.4, 0.5) is 0 Å². The third kappa shape index (κ3) is 2.11. The molecule has 0 aromatic carbocycles. The van der Waals surface area contributed by atoms with E-state index in [1.54, 1.807) is 18.6 Å². The number of hydrogen-bond acceptors (Lipinski definition) is 3. The largest absolute Gasteiger partial charge is 0.331 e. The number of rotatable bonds is 2. The van der Waals surface area contributed by atoms with Crippen LogP contribution in [0.5, 0.6) is 0 Å². The molecule has 0 fully saturated rings. The molecular weight excluding hydrogens is 235 g/mol. The summed E-state index contributed by atoms with van der Waals surface area (Å²) >= 11 is 11.6. The summed E-state index contributed by atoms with van der Waals surface area (Å²) in [5, 5.41) is 0.386. The van der Waals surface area contributed by atoms with Gasteiger partial charge in [-0.25, -0.2) is 15.0 Å². The highest BCUT2D eigenvalue weighted by molar-refractivity contribution is 6.29. The predicted octanol–water partition coefficient (Wildman–Crippen LogP) is 2.27. The number of hydrogen-bond donors (Lipinski definition) is 0. The van der Waals surface area contributed by atoms with Gasteiger partial charge < -0.3 is 4.57 Å². The van der Waals surface area contributed by atoms with E-state index in [1.165, 1.54) is 0 Å². The van der Waals surface area contributed by atoms with E-state index < -0.39 is 0 Å². The third-order valence-electron chi connectivity index (χ3n) is 1.93. The van der Waals surface area contributed by atoms with Crippen molar-refractivity contribution in [3.05, 3.63) is 29.4 Å². The Morgan fingerprint density at radius 2 is 2.20 bits per heavy atom. The summed E-state index contributed by atoms with van der Waals surface area (Å²) in [6.07, 6.45) is 3.36. The van der Waals surface area contributed by atoms with Gasteiger partial charge in [-0.05, 0) is 6.07 Å². The zero-order valence-electron chi connectivity index (χ0n) is 7.98. The Morgan fingerprint density at radius 3 is 2.80 bits per heavy atom. The van der Waals surface area contributed by atoms with Gasteiger partial charge in [0.1, 0.15) is 10.8 Å². The molecule has 0 bridgehead atoms. The molecule has 2 aromatic heterocycles. The van der Waals surface area contributed by atoms with E-state index in [-0.39, 0.29) is 0 Å². The van der Waals surface area contributed by atoms with Gasteiger partial charge in [0.15, 0.2) is 5.82 Å². The molecule has 0 amide bonds. The molecule has 4 nitrogen and oxygen atoms in total. The summed E-state index contributed by atoms with van der Waals surface area (Å²) in [6.45, 7) is 0. The average Bonchev–Trinajstić information content (AvgIpc) is 2.63. The van der Waals surface area contributed by atoms with Gasteiger partial charge >= 0.3 is 0 Å². The number of aryl methyl sites for hydroxylation is 1. The molecule has 0 aliphatic carbocycles. The summed E-state index contributed by atoms with van der Waals surface area (Å²) in [4.78, 5) is 12.4. The smallest absolute Gasteiger partial charge is 0.179 e. The van der Waals surface area contributed by atoms with Crippen LogP contribution in [0, 0.1) is 0 Å². The number of alkyl halides is 1. The number of aromatic nitrogens is 4. The lowest BCUT2D eigenvalue weighted by atomic mass is 10.4. The molecule has 0 spiro atoms. The molecule has 0 saturated heterocycles. The van der Waals surface area contributed by atoms with Crippen LogP contribution >= 0.6 is 23.2 Å². The van der Waals surface area contributed by atoms with Gasteiger partial charge in [0.2, 0.25) is 0 Å². The maximum atomic E-state index is 5.86. The van der Waals surface area contributed by atoms with Gasteiger partial charge in [-0.15, -0.1) is 11.6 Å². The fraction of sp³-hybridized carbons (Fsp3) is 0.222. The van der Waals surface area contributed by atoms with E-state index in [0.29, 0.717) is 22.6 Å². The molecule has 6 heteroatoms. The molecule has 15 heavy (non-hydrogen) atoms. The van der Waals surface area contributed by atoms with Crippen LogP contribution in [0.1, 0.15) is 5.69 Å². The minimum atomic E-state index is 0.313. The first kappa shape index (κ1) is 10.4. The van der Waals surface area contributed by atoms with Crippen LogP contribution in [-0.4, -0.2) is 19.5 Å². The fourth-order valence-electron chi connectivity index (χ4n) is 1.22. The molecule has 0 atom stereocenters. The lowest BCUT2D eigenvalue weighted by Gasteiger charge is -2.03. The van der Waals surface area contributed by atoms with Gasteiger partial charge in [0, 0.05) is 7.05 Å². The maximum absolute atomic E-state index is 5.86. The summed E-state index contributed by atoms with van der Waals surface area (Å²) in [6, 6.07) is 1.65. The second-order valence-corrected chi connectivity index (χ2v) is 3.68. The van der Waals surface area contributed by atoms with Crippen LogP contribution in [-0.2, 0) is 12.9 Å². The second-order valence-electron chi connectivity index (χ2n) is 3.03. The van der Waals surface area contributed by atoms with Crippen molar-refractivity contribution in [2.75, 3.05) is 0 Å². The SMILES string of the molecule is Cn1cncc1-c1nc(Cl)cc(CCl)n1. The van der Waals surface area contributed by atoms with Crippen LogP contribution in [0.2, 0.25) is 5.15 Å². The van der Waals surface area contributed by atoms with Crippen LogP contribution in [0.25, 0.3) is 11.5 Å². The standard InChI is InChI=1S/C9H8Cl2N4/c1-15-5-12-4-7(15)9-13-6(3-10)2-8(11)14-9/h2,4-5H,3H2,1H3. The Hall–Kier alpha value is -1.13. The Balaban J connectivity index is 2.53. The lowest BCUT2D eigenvalue weighted by molar-refractivity contribution is 0.905. The Labute approximate surface area is 96.9 Å². The van der Waals surface area contributed by atoms with Crippen molar-refractivity contribution in [2.45, 2.75) is 5.88 Å². The highest BCUT2D eigenvalue weighted by atomic mass is 35.5. The Morgan fingerprint density at radius 1 is 1.40 bits per heavy atom.